The van der Waals surface area contributed by atoms with Crippen LogP contribution in [0, 0.1) is 0 Å². The van der Waals surface area contributed by atoms with Crippen LogP contribution >= 0.6 is 35.1 Å². The van der Waals surface area contributed by atoms with Crippen LogP contribution < -0.4 is 5.73 Å². The van der Waals surface area contributed by atoms with Crippen LogP contribution in [0.15, 0.2) is 29.2 Å². The molecule has 0 spiro atoms. The fourth-order valence-corrected chi connectivity index (χ4v) is 4.83. The Balaban J connectivity index is 2.36. The minimum absolute atomic E-state index is 0.357. The van der Waals surface area contributed by atoms with Gasteiger partial charge < -0.3 is 10.6 Å². The highest BCUT2D eigenvalue weighted by Gasteiger charge is 2.42. The molecule has 6 heteroatoms. The zero-order chi connectivity index (χ0) is 13.9. The van der Waals surface area contributed by atoms with E-state index >= 15 is 0 Å². The van der Waals surface area contributed by atoms with Crippen LogP contribution in [-0.2, 0) is 4.87 Å². The number of amides is 2. The highest BCUT2D eigenvalue weighted by molar-refractivity contribution is 8.01. The lowest BCUT2D eigenvalue weighted by atomic mass is 10.1. The third-order valence-electron chi connectivity index (χ3n) is 3.20. The van der Waals surface area contributed by atoms with Crippen LogP contribution in [0.4, 0.5) is 4.79 Å². The summed E-state index contributed by atoms with van der Waals surface area (Å²) < 4.78 is 0. The second-order valence-corrected chi connectivity index (χ2v) is 7.36. The maximum absolute atomic E-state index is 11.6. The molecule has 1 fully saturated rings. The van der Waals surface area contributed by atoms with E-state index in [4.69, 9.17) is 17.3 Å². The highest BCUT2D eigenvalue weighted by Crippen LogP contribution is 2.47. The minimum atomic E-state index is -0.373. The number of thioether (sulfide) groups is 2. The van der Waals surface area contributed by atoms with Gasteiger partial charge in [0.15, 0.2) is 0 Å². The number of hydrogen-bond acceptors (Lipinski definition) is 3. The standard InChI is InChI=1S/C13H17ClN2OS2/c1-13(16(12(15)17)7-9-19-13)10-4-2-3-5-11(10)18-8-6-14/h2-5H,6-9H2,1H3,(H2,15,17). The van der Waals surface area contributed by atoms with E-state index in [1.54, 1.807) is 28.4 Å². The first-order valence-electron chi connectivity index (χ1n) is 6.09. The van der Waals surface area contributed by atoms with E-state index in [0.29, 0.717) is 12.4 Å². The first-order chi connectivity index (χ1) is 9.09. The van der Waals surface area contributed by atoms with Crippen LogP contribution in [0.3, 0.4) is 0 Å². The third-order valence-corrected chi connectivity index (χ3v) is 6.08. The van der Waals surface area contributed by atoms with Gasteiger partial charge in [-0.25, -0.2) is 4.79 Å². The van der Waals surface area contributed by atoms with Crippen LogP contribution in [0.2, 0.25) is 0 Å². The molecule has 0 bridgehead atoms. The predicted molar refractivity (Wildman–Crippen MR) is 84.0 cm³/mol. The Morgan fingerprint density at radius 3 is 3.00 bits per heavy atom. The van der Waals surface area contributed by atoms with Crippen LogP contribution in [0.25, 0.3) is 0 Å². The molecule has 1 aliphatic heterocycles. The molecular weight excluding hydrogens is 300 g/mol. The number of benzene rings is 1. The molecule has 0 radical (unpaired) electrons. The van der Waals surface area contributed by atoms with E-state index < -0.39 is 0 Å². The second kappa shape index (κ2) is 6.29. The Hall–Kier alpha value is -0.520. The van der Waals surface area contributed by atoms with Crippen molar-refractivity contribution in [1.29, 1.82) is 0 Å². The number of nitrogens with zero attached hydrogens (tertiary/aromatic N) is 1. The van der Waals surface area contributed by atoms with Crippen molar-refractivity contribution in [2.75, 3.05) is 23.9 Å². The van der Waals surface area contributed by atoms with Gasteiger partial charge in [0.2, 0.25) is 0 Å². The average Bonchev–Trinajstić information content (AvgIpc) is 2.80. The molecular formula is C13H17ClN2OS2. The predicted octanol–water partition coefficient (Wildman–Crippen LogP) is 3.32. The Morgan fingerprint density at radius 2 is 2.32 bits per heavy atom. The molecule has 2 N–H and O–H groups in total. The molecule has 1 saturated heterocycles. The largest absolute Gasteiger partial charge is 0.351 e. The van der Waals surface area contributed by atoms with Gasteiger partial charge in [0.25, 0.3) is 0 Å². The molecule has 104 valence electrons. The monoisotopic (exact) mass is 316 g/mol. The minimum Gasteiger partial charge on any atom is -0.351 e. The molecule has 1 atom stereocenters. The number of alkyl halides is 1. The van der Waals surface area contributed by atoms with Crippen molar-refractivity contribution in [2.45, 2.75) is 16.7 Å². The smallest absolute Gasteiger partial charge is 0.316 e. The molecule has 0 aliphatic carbocycles. The lowest BCUT2D eigenvalue weighted by Gasteiger charge is -2.34. The van der Waals surface area contributed by atoms with Crippen LogP contribution in [0.5, 0.6) is 0 Å². The molecule has 1 heterocycles. The number of carbonyl (C=O) groups excluding carboxylic acids is 1. The summed E-state index contributed by atoms with van der Waals surface area (Å²) in [5.41, 5.74) is 6.65. The number of urea groups is 1. The number of primary amides is 1. The highest BCUT2D eigenvalue weighted by atomic mass is 35.5. The van der Waals surface area contributed by atoms with Crippen molar-refractivity contribution in [3.63, 3.8) is 0 Å². The van der Waals surface area contributed by atoms with Gasteiger partial charge in [0.1, 0.15) is 4.87 Å². The summed E-state index contributed by atoms with van der Waals surface area (Å²) in [6.07, 6.45) is 0. The Morgan fingerprint density at radius 1 is 1.58 bits per heavy atom. The molecule has 3 nitrogen and oxygen atoms in total. The molecule has 1 unspecified atom stereocenters. The third kappa shape index (κ3) is 2.98. The first-order valence-corrected chi connectivity index (χ1v) is 8.59. The van der Waals surface area contributed by atoms with E-state index in [1.807, 2.05) is 12.1 Å². The van der Waals surface area contributed by atoms with E-state index in [2.05, 4.69) is 19.1 Å². The van der Waals surface area contributed by atoms with Crippen molar-refractivity contribution >= 4 is 41.2 Å². The summed E-state index contributed by atoms with van der Waals surface area (Å²) in [6.45, 7) is 2.76. The molecule has 0 aromatic heterocycles. The zero-order valence-corrected chi connectivity index (χ0v) is 13.2. The molecule has 1 aromatic carbocycles. The first kappa shape index (κ1) is 14.9. The fourth-order valence-electron chi connectivity index (χ4n) is 2.29. The SMILES string of the molecule is CC1(c2ccccc2SCCCl)SCCN1C(N)=O. The molecule has 2 rings (SSSR count). The van der Waals surface area contributed by atoms with Crippen molar-refractivity contribution in [3.05, 3.63) is 29.8 Å². The topological polar surface area (TPSA) is 46.3 Å². The van der Waals surface area contributed by atoms with Gasteiger partial charge in [-0.2, -0.15) is 0 Å². The molecule has 1 aliphatic rings. The lowest BCUT2D eigenvalue weighted by Crippen LogP contribution is -2.44. The van der Waals surface area contributed by atoms with Gasteiger partial charge in [-0.05, 0) is 13.0 Å². The Kier molecular flexibility index (Phi) is 4.92. The quantitative estimate of drug-likeness (QED) is 0.684. The summed E-state index contributed by atoms with van der Waals surface area (Å²) in [5, 5.41) is 0. The molecule has 1 aromatic rings. The number of halogens is 1. The summed E-state index contributed by atoms with van der Waals surface area (Å²) in [6, 6.07) is 7.81. The second-order valence-electron chi connectivity index (χ2n) is 4.35. The maximum Gasteiger partial charge on any atom is 0.316 e. The van der Waals surface area contributed by atoms with E-state index in [-0.39, 0.29) is 10.9 Å². The van der Waals surface area contributed by atoms with Gasteiger partial charge in [-0.15, -0.1) is 35.1 Å². The summed E-state index contributed by atoms with van der Waals surface area (Å²) in [7, 11) is 0. The fraction of sp³-hybridized carbons (Fsp3) is 0.462. The van der Waals surface area contributed by atoms with Crippen molar-refractivity contribution in [2.24, 2.45) is 5.73 Å². The van der Waals surface area contributed by atoms with Gasteiger partial charge in [-0.1, -0.05) is 18.2 Å². The van der Waals surface area contributed by atoms with Gasteiger partial charge in [-0.3, -0.25) is 0 Å². The average molecular weight is 317 g/mol. The summed E-state index contributed by atoms with van der Waals surface area (Å²) in [4.78, 5) is 14.2. The summed E-state index contributed by atoms with van der Waals surface area (Å²) >= 11 is 9.25. The van der Waals surface area contributed by atoms with Crippen molar-refractivity contribution < 1.29 is 4.79 Å². The van der Waals surface area contributed by atoms with E-state index in [9.17, 15) is 4.79 Å². The summed E-state index contributed by atoms with van der Waals surface area (Å²) in [5.74, 6) is 2.38. The number of nitrogens with two attached hydrogens (primary N) is 1. The van der Waals surface area contributed by atoms with E-state index in [1.165, 1.54) is 4.90 Å². The zero-order valence-electron chi connectivity index (χ0n) is 10.8. The lowest BCUT2D eigenvalue weighted by molar-refractivity contribution is 0.188. The number of hydrogen-bond donors (Lipinski definition) is 1. The molecule has 19 heavy (non-hydrogen) atoms. The normalized spacial score (nSPS) is 22.7. The van der Waals surface area contributed by atoms with Crippen molar-refractivity contribution in [3.8, 4) is 0 Å². The number of carbonyl (C=O) groups is 1. The van der Waals surface area contributed by atoms with Gasteiger partial charge in [0, 0.05) is 34.4 Å². The van der Waals surface area contributed by atoms with Crippen molar-refractivity contribution in [1.82, 2.24) is 4.90 Å². The van der Waals surface area contributed by atoms with E-state index in [0.717, 1.165) is 17.1 Å². The molecule has 0 saturated carbocycles. The van der Waals surface area contributed by atoms with Crippen LogP contribution in [0.1, 0.15) is 12.5 Å². The number of rotatable bonds is 4. The van der Waals surface area contributed by atoms with Gasteiger partial charge in [0.05, 0.1) is 0 Å². The molecule has 2 amide bonds. The van der Waals surface area contributed by atoms with Gasteiger partial charge >= 0.3 is 6.03 Å². The maximum atomic E-state index is 11.6. The van der Waals surface area contributed by atoms with Crippen LogP contribution in [-0.4, -0.2) is 34.9 Å². The Bertz CT molecular complexity index is 472. The Labute approximate surface area is 127 Å².